The van der Waals surface area contributed by atoms with Gasteiger partial charge in [-0.1, -0.05) is 64.8 Å². The lowest BCUT2D eigenvalue weighted by Gasteiger charge is -2.28. The average molecular weight is 950 g/mol. The molecule has 3 aliphatic rings. The first-order valence-corrected chi connectivity index (χ1v) is 24.6. The Hall–Kier alpha value is -4.39. The molecule has 8 rings (SSSR count). The van der Waals surface area contributed by atoms with Gasteiger partial charge >= 0.3 is 5.97 Å². The van der Waals surface area contributed by atoms with E-state index in [-0.39, 0.29) is 35.2 Å². The fourth-order valence-electron chi connectivity index (χ4n) is 7.20. The van der Waals surface area contributed by atoms with Gasteiger partial charge in [-0.2, -0.15) is 5.10 Å². The summed E-state index contributed by atoms with van der Waals surface area (Å²) in [6, 6.07) is 5.85. The lowest BCUT2D eigenvalue weighted by molar-refractivity contribution is -0.150. The molecule has 3 aromatic heterocycles. The van der Waals surface area contributed by atoms with Crippen molar-refractivity contribution in [3.05, 3.63) is 91.4 Å². The zero-order valence-corrected chi connectivity index (χ0v) is 37.8. The average Bonchev–Trinajstić information content (AvgIpc) is 4.06. The maximum absolute atomic E-state index is 15.1. The van der Waals surface area contributed by atoms with Gasteiger partial charge in [-0.15, -0.1) is 0 Å². The summed E-state index contributed by atoms with van der Waals surface area (Å²) in [5.74, 6) is -2.14. The SMILES string of the molecule is C1=CCN=C1.CC(=O)OCC(=O)N1CCc2c(c3c(Br)cc(Cl)c(F)c3n2COCC[Si](C)(C)C)C1.O=C(CO)N1CCc2[nH]c3c(F)c(Cl)cc(-n4cccn4)c3c2C1. The molecule has 0 saturated carbocycles. The van der Waals surface area contributed by atoms with Gasteiger partial charge in [0, 0.05) is 117 Å². The van der Waals surface area contributed by atoms with Crippen molar-refractivity contribution in [2.75, 3.05) is 39.5 Å². The van der Waals surface area contributed by atoms with Crippen LogP contribution in [0, 0.1) is 11.6 Å². The van der Waals surface area contributed by atoms with Crippen molar-refractivity contribution in [2.45, 2.75) is 65.3 Å². The highest BCUT2D eigenvalue weighted by atomic mass is 79.9. The zero-order chi connectivity index (χ0) is 43.3. The number of hydrogen-bond donors (Lipinski definition) is 2. The number of fused-ring (bicyclic) bond motifs is 6. The van der Waals surface area contributed by atoms with E-state index >= 15 is 4.39 Å². The standard InChI is InChI=1S/C21H27BrClFN2O4Si.C16H14ClFN4O2.C4H5N/c1-13(27)30-11-18(28)25-6-5-17-14(10-25)19-15(22)9-16(23)20(24)21(19)26(17)12-29-7-8-31(2,3)4;17-10-6-12(22-4-1-3-19-22)14-9-7-21(13(24)8-23)5-2-11(9)20-16(14)15(10)18;1-2-4-5-3-1/h9H,5-8,10-12H2,1-4H3;1,3-4,6,20,23H,2,5,7-8H2;1-3H,4H2. The Labute approximate surface area is 365 Å². The number of rotatable bonds is 9. The molecule has 0 unspecified atom stereocenters. The summed E-state index contributed by atoms with van der Waals surface area (Å²) < 4.78 is 44.6. The highest BCUT2D eigenvalue weighted by Gasteiger charge is 2.31. The van der Waals surface area contributed by atoms with Crippen LogP contribution in [-0.2, 0) is 56.5 Å². The number of hydrogen-bond acceptors (Lipinski definition) is 8. The van der Waals surface area contributed by atoms with E-state index in [1.165, 1.54) is 19.1 Å². The number of esters is 1. The molecule has 320 valence electrons. The maximum atomic E-state index is 15.1. The number of amides is 2. The molecule has 5 aromatic rings. The van der Waals surface area contributed by atoms with Crippen molar-refractivity contribution in [3.63, 3.8) is 0 Å². The monoisotopic (exact) mass is 947 g/mol. The van der Waals surface area contributed by atoms with E-state index in [0.29, 0.717) is 77.6 Å². The molecular formula is C41H46BrCl2F2N7O6Si. The Morgan fingerprint density at radius 2 is 1.72 bits per heavy atom. The number of aromatic amines is 1. The number of carbonyl (C=O) groups excluding carboxylic acids is 3. The molecule has 2 aromatic carbocycles. The first kappa shape index (κ1) is 45.1. The first-order chi connectivity index (χ1) is 28.6. The molecule has 60 heavy (non-hydrogen) atoms. The van der Waals surface area contributed by atoms with E-state index in [4.69, 9.17) is 37.8 Å². The van der Waals surface area contributed by atoms with E-state index in [2.05, 4.69) is 50.6 Å². The van der Waals surface area contributed by atoms with Crippen LogP contribution < -0.4 is 0 Å². The smallest absolute Gasteiger partial charge is 0.303 e. The predicted octanol–water partition coefficient (Wildman–Crippen LogP) is 7.61. The minimum Gasteiger partial charge on any atom is -0.456 e. The Morgan fingerprint density at radius 3 is 2.35 bits per heavy atom. The van der Waals surface area contributed by atoms with Crippen molar-refractivity contribution in [3.8, 4) is 5.69 Å². The second-order valence-corrected chi connectivity index (χ2v) is 22.9. The van der Waals surface area contributed by atoms with Crippen LogP contribution in [0.25, 0.3) is 27.5 Å². The summed E-state index contributed by atoms with van der Waals surface area (Å²) >= 11 is 15.7. The molecule has 13 nitrogen and oxygen atoms in total. The van der Waals surface area contributed by atoms with Gasteiger partial charge in [-0.25, -0.2) is 13.5 Å². The lowest BCUT2D eigenvalue weighted by Crippen LogP contribution is -2.38. The molecule has 3 aliphatic heterocycles. The zero-order valence-electron chi connectivity index (χ0n) is 33.7. The van der Waals surface area contributed by atoms with Crippen molar-refractivity contribution < 1.29 is 37.7 Å². The van der Waals surface area contributed by atoms with Gasteiger partial charge in [0.25, 0.3) is 5.91 Å². The van der Waals surface area contributed by atoms with Crippen LogP contribution in [0.15, 0.2) is 52.2 Å². The normalized spacial score (nSPS) is 14.4. The summed E-state index contributed by atoms with van der Waals surface area (Å²) in [6.07, 6.45) is 10.2. The van der Waals surface area contributed by atoms with Crippen LogP contribution in [0.4, 0.5) is 8.78 Å². The topological polar surface area (TPSA) is 147 Å². The number of aromatic nitrogens is 4. The van der Waals surface area contributed by atoms with Gasteiger partial charge < -0.3 is 33.9 Å². The number of ether oxygens (including phenoxy) is 2. The second-order valence-electron chi connectivity index (χ2n) is 15.6. The highest BCUT2D eigenvalue weighted by Crippen LogP contribution is 2.40. The first-order valence-electron chi connectivity index (χ1n) is 19.3. The summed E-state index contributed by atoms with van der Waals surface area (Å²) in [7, 11) is -1.25. The molecule has 2 amide bonds. The van der Waals surface area contributed by atoms with Gasteiger partial charge in [0.1, 0.15) is 13.3 Å². The number of nitrogens with one attached hydrogen (secondary N) is 1. The summed E-state index contributed by atoms with van der Waals surface area (Å²) in [4.78, 5) is 45.5. The Bertz CT molecular complexity index is 2460. The quantitative estimate of drug-likeness (QED) is 0.0670. The van der Waals surface area contributed by atoms with Crippen LogP contribution in [0.3, 0.4) is 0 Å². The minimum absolute atomic E-state index is 0.00916. The van der Waals surface area contributed by atoms with Crippen molar-refractivity contribution in [1.29, 1.82) is 0 Å². The molecule has 0 atom stereocenters. The summed E-state index contributed by atoms with van der Waals surface area (Å²) in [5.41, 5.74) is 4.84. The van der Waals surface area contributed by atoms with Gasteiger partial charge in [-0.3, -0.25) is 19.4 Å². The third kappa shape index (κ3) is 10.2. The third-order valence-corrected chi connectivity index (χ3v) is 13.1. The number of aliphatic hydroxyl groups is 1. The van der Waals surface area contributed by atoms with Gasteiger partial charge in [0.15, 0.2) is 18.2 Å². The fraction of sp³-hybridized carbons (Fsp3) is 0.390. The van der Waals surface area contributed by atoms with Crippen molar-refractivity contribution in [1.82, 2.24) is 29.1 Å². The molecule has 0 fully saturated rings. The van der Waals surface area contributed by atoms with E-state index in [1.54, 1.807) is 39.2 Å². The molecule has 0 saturated heterocycles. The molecule has 0 radical (unpaired) electrons. The number of carbonyl (C=O) groups is 3. The third-order valence-electron chi connectivity index (χ3n) is 10.2. The van der Waals surface area contributed by atoms with Crippen molar-refractivity contribution >= 4 is 93.0 Å². The Morgan fingerprint density at radius 1 is 1.00 bits per heavy atom. The van der Waals surface area contributed by atoms with E-state index < -0.39 is 32.3 Å². The number of allylic oxidation sites excluding steroid dienone is 1. The van der Waals surface area contributed by atoms with Crippen molar-refractivity contribution in [2.24, 2.45) is 4.99 Å². The largest absolute Gasteiger partial charge is 0.456 e. The van der Waals surface area contributed by atoms with Crippen LogP contribution in [0.1, 0.15) is 29.4 Å². The number of aliphatic hydroxyl groups excluding tert-OH is 1. The van der Waals surface area contributed by atoms with E-state index in [1.807, 2.05) is 16.7 Å². The Kier molecular flexibility index (Phi) is 14.7. The number of H-pyrrole nitrogens is 1. The number of benzene rings is 2. The maximum Gasteiger partial charge on any atom is 0.303 e. The van der Waals surface area contributed by atoms with Gasteiger partial charge in [0.2, 0.25) is 5.91 Å². The van der Waals surface area contributed by atoms with Gasteiger partial charge in [-0.05, 0) is 30.3 Å². The summed E-state index contributed by atoms with van der Waals surface area (Å²) in [5, 5.41) is 14.7. The number of halogens is 5. The molecule has 6 heterocycles. The van der Waals surface area contributed by atoms with Crippen LogP contribution in [-0.4, -0.2) is 106 Å². The lowest BCUT2D eigenvalue weighted by atomic mass is 10.0. The molecular weight excluding hydrogens is 903 g/mol. The minimum atomic E-state index is -1.25. The van der Waals surface area contributed by atoms with Crippen LogP contribution >= 0.6 is 39.1 Å². The molecule has 0 spiro atoms. The molecule has 2 N–H and O–H groups in total. The molecule has 0 aliphatic carbocycles. The number of nitrogens with zero attached hydrogens (tertiary/aromatic N) is 6. The number of aliphatic imine (C=N–C) groups is 1. The molecule has 0 bridgehead atoms. The van der Waals surface area contributed by atoms with E-state index in [9.17, 15) is 18.8 Å². The van der Waals surface area contributed by atoms with Crippen LogP contribution in [0.5, 0.6) is 0 Å². The second kappa shape index (κ2) is 19.5. The fourth-order valence-corrected chi connectivity index (χ4v) is 9.14. The predicted molar refractivity (Wildman–Crippen MR) is 234 cm³/mol. The summed E-state index contributed by atoms with van der Waals surface area (Å²) in [6.45, 7) is 10.5. The van der Waals surface area contributed by atoms with E-state index in [0.717, 1.165) is 35.1 Å². The van der Waals surface area contributed by atoms with Crippen LogP contribution in [0.2, 0.25) is 35.7 Å². The highest BCUT2D eigenvalue weighted by molar-refractivity contribution is 9.10. The molecule has 19 heteroatoms. The van der Waals surface area contributed by atoms with Gasteiger partial charge in [0.05, 0.1) is 33.3 Å². The Balaban J connectivity index is 0.000000184.